The van der Waals surface area contributed by atoms with E-state index in [4.69, 9.17) is 0 Å². The molecule has 2 aromatic rings. The number of hydrogen-bond acceptors (Lipinski definition) is 4. The second kappa shape index (κ2) is 6.99. The molecule has 1 N–H and O–H groups in total. The third-order valence-electron chi connectivity index (χ3n) is 4.62. The fourth-order valence-electron chi connectivity index (χ4n) is 2.98. The minimum atomic E-state index is 0.774. The van der Waals surface area contributed by atoms with E-state index in [0.29, 0.717) is 0 Å². The van der Waals surface area contributed by atoms with Crippen molar-refractivity contribution in [3.05, 3.63) is 47.4 Å². The highest BCUT2D eigenvalue weighted by Crippen LogP contribution is 2.23. The van der Waals surface area contributed by atoms with Gasteiger partial charge < -0.3 is 10.2 Å². The van der Waals surface area contributed by atoms with Crippen LogP contribution in [-0.2, 0) is 6.54 Å². The molecule has 0 radical (unpaired) electrons. The second-order valence-electron chi connectivity index (χ2n) is 6.63. The lowest BCUT2D eigenvalue weighted by atomic mass is 9.99. The SMILES string of the molecule is Cc1cnc(C)c(NCc2ccc(N3CCC(C)CC3)cc2)n1. The average molecular weight is 310 g/mol. The molecule has 0 atom stereocenters. The van der Waals surface area contributed by atoms with Crippen LogP contribution in [0.15, 0.2) is 30.5 Å². The van der Waals surface area contributed by atoms with Gasteiger partial charge in [-0.2, -0.15) is 0 Å². The third kappa shape index (κ3) is 4.01. The van der Waals surface area contributed by atoms with Crippen molar-refractivity contribution in [3.8, 4) is 0 Å². The van der Waals surface area contributed by atoms with Gasteiger partial charge in [0.25, 0.3) is 0 Å². The zero-order valence-electron chi connectivity index (χ0n) is 14.3. The maximum Gasteiger partial charge on any atom is 0.148 e. The van der Waals surface area contributed by atoms with Crippen LogP contribution in [0.3, 0.4) is 0 Å². The summed E-state index contributed by atoms with van der Waals surface area (Å²) < 4.78 is 0. The minimum absolute atomic E-state index is 0.774. The number of benzene rings is 1. The van der Waals surface area contributed by atoms with E-state index >= 15 is 0 Å². The number of rotatable bonds is 4. The van der Waals surface area contributed by atoms with E-state index in [-0.39, 0.29) is 0 Å². The van der Waals surface area contributed by atoms with E-state index in [0.717, 1.165) is 29.7 Å². The Morgan fingerprint density at radius 2 is 1.83 bits per heavy atom. The molecule has 3 rings (SSSR count). The highest BCUT2D eigenvalue weighted by molar-refractivity contribution is 5.49. The van der Waals surface area contributed by atoms with Gasteiger partial charge in [-0.05, 0) is 50.3 Å². The van der Waals surface area contributed by atoms with Crippen LogP contribution >= 0.6 is 0 Å². The highest BCUT2D eigenvalue weighted by atomic mass is 15.1. The molecule has 122 valence electrons. The van der Waals surface area contributed by atoms with Gasteiger partial charge in [0.2, 0.25) is 0 Å². The lowest BCUT2D eigenvalue weighted by Crippen LogP contribution is -2.32. The predicted octanol–water partition coefficient (Wildman–Crippen LogP) is 3.94. The van der Waals surface area contributed by atoms with Crippen LogP contribution in [-0.4, -0.2) is 23.1 Å². The second-order valence-corrected chi connectivity index (χ2v) is 6.63. The van der Waals surface area contributed by atoms with E-state index in [9.17, 15) is 0 Å². The van der Waals surface area contributed by atoms with Crippen molar-refractivity contribution in [3.63, 3.8) is 0 Å². The molecule has 0 unspecified atom stereocenters. The van der Waals surface area contributed by atoms with Gasteiger partial charge in [-0.25, -0.2) is 4.98 Å². The van der Waals surface area contributed by atoms with Crippen molar-refractivity contribution in [1.29, 1.82) is 0 Å². The summed E-state index contributed by atoms with van der Waals surface area (Å²) in [5.74, 6) is 1.74. The smallest absolute Gasteiger partial charge is 0.148 e. The summed E-state index contributed by atoms with van der Waals surface area (Å²) in [7, 11) is 0. The molecule has 0 amide bonds. The minimum Gasteiger partial charge on any atom is -0.372 e. The van der Waals surface area contributed by atoms with Gasteiger partial charge in [-0.3, -0.25) is 4.98 Å². The molecule has 23 heavy (non-hydrogen) atoms. The first-order valence-corrected chi connectivity index (χ1v) is 8.50. The Hall–Kier alpha value is -2.10. The summed E-state index contributed by atoms with van der Waals surface area (Å²) in [5.41, 5.74) is 4.48. The molecule has 2 heterocycles. The van der Waals surface area contributed by atoms with Crippen LogP contribution in [0.25, 0.3) is 0 Å². The quantitative estimate of drug-likeness (QED) is 0.928. The van der Waals surface area contributed by atoms with Crippen LogP contribution in [0.5, 0.6) is 0 Å². The molecule has 1 aromatic heterocycles. The first-order chi connectivity index (χ1) is 11.1. The molecule has 1 fully saturated rings. The highest BCUT2D eigenvalue weighted by Gasteiger charge is 2.15. The molecule has 0 spiro atoms. The molecular formula is C19H26N4. The molecule has 4 nitrogen and oxygen atoms in total. The van der Waals surface area contributed by atoms with Crippen molar-refractivity contribution in [2.75, 3.05) is 23.3 Å². The number of hydrogen-bond donors (Lipinski definition) is 1. The topological polar surface area (TPSA) is 41.1 Å². The fourth-order valence-corrected chi connectivity index (χ4v) is 2.98. The maximum atomic E-state index is 4.50. The van der Waals surface area contributed by atoms with Crippen LogP contribution in [0.2, 0.25) is 0 Å². The lowest BCUT2D eigenvalue weighted by Gasteiger charge is -2.32. The number of aryl methyl sites for hydroxylation is 2. The van der Waals surface area contributed by atoms with Gasteiger partial charge in [-0.15, -0.1) is 0 Å². The standard InChI is InChI=1S/C19H26N4/c1-14-8-10-23(11-9-14)18-6-4-17(5-7-18)13-21-19-16(3)20-12-15(2)22-19/h4-7,12,14H,8-11,13H2,1-3H3,(H,21,22). The van der Waals surface area contributed by atoms with Gasteiger partial charge in [0.1, 0.15) is 5.82 Å². The first-order valence-electron chi connectivity index (χ1n) is 8.50. The Kier molecular flexibility index (Phi) is 4.79. The normalized spacial score (nSPS) is 15.7. The lowest BCUT2D eigenvalue weighted by molar-refractivity contribution is 0.438. The number of piperidine rings is 1. The fraction of sp³-hybridized carbons (Fsp3) is 0.474. The summed E-state index contributed by atoms with van der Waals surface area (Å²) in [4.78, 5) is 11.3. The summed E-state index contributed by atoms with van der Waals surface area (Å²) in [6, 6.07) is 8.89. The molecule has 1 saturated heterocycles. The molecule has 0 aliphatic carbocycles. The van der Waals surface area contributed by atoms with Gasteiger partial charge >= 0.3 is 0 Å². The third-order valence-corrected chi connectivity index (χ3v) is 4.62. The van der Waals surface area contributed by atoms with Gasteiger partial charge in [0.15, 0.2) is 0 Å². The number of aromatic nitrogens is 2. The van der Waals surface area contributed by atoms with Crippen LogP contribution in [0.1, 0.15) is 36.7 Å². The Labute approximate surface area is 139 Å². The van der Waals surface area contributed by atoms with Crippen molar-refractivity contribution >= 4 is 11.5 Å². The predicted molar refractivity (Wildman–Crippen MR) is 95.9 cm³/mol. The molecular weight excluding hydrogens is 284 g/mol. The van der Waals surface area contributed by atoms with E-state index in [1.54, 1.807) is 6.20 Å². The van der Waals surface area contributed by atoms with E-state index < -0.39 is 0 Å². The van der Waals surface area contributed by atoms with Gasteiger partial charge in [0.05, 0.1) is 11.4 Å². The average Bonchev–Trinajstić information content (AvgIpc) is 2.57. The van der Waals surface area contributed by atoms with E-state index in [1.807, 2.05) is 13.8 Å². The Morgan fingerprint density at radius 3 is 2.52 bits per heavy atom. The largest absolute Gasteiger partial charge is 0.372 e. The zero-order valence-corrected chi connectivity index (χ0v) is 14.3. The zero-order chi connectivity index (χ0) is 16.2. The van der Waals surface area contributed by atoms with Crippen molar-refractivity contribution < 1.29 is 0 Å². The molecule has 0 bridgehead atoms. The molecule has 0 saturated carbocycles. The molecule has 1 aromatic carbocycles. The summed E-state index contributed by atoms with van der Waals surface area (Å²) in [6.45, 7) is 9.42. The van der Waals surface area contributed by atoms with Crippen LogP contribution in [0.4, 0.5) is 11.5 Å². The Bertz CT molecular complexity index is 643. The van der Waals surface area contributed by atoms with Gasteiger partial charge in [-0.1, -0.05) is 19.1 Å². The van der Waals surface area contributed by atoms with Crippen molar-refractivity contribution in [2.45, 2.75) is 40.2 Å². The molecule has 4 heteroatoms. The number of nitrogens with one attached hydrogen (secondary N) is 1. The Balaban J connectivity index is 1.60. The number of nitrogens with zero attached hydrogens (tertiary/aromatic N) is 3. The van der Waals surface area contributed by atoms with E-state index in [1.165, 1.54) is 37.2 Å². The number of anilines is 2. The monoisotopic (exact) mass is 310 g/mol. The maximum absolute atomic E-state index is 4.50. The molecule has 1 aliphatic heterocycles. The van der Waals surface area contributed by atoms with Crippen molar-refractivity contribution in [2.24, 2.45) is 5.92 Å². The summed E-state index contributed by atoms with van der Waals surface area (Å²) >= 11 is 0. The van der Waals surface area contributed by atoms with E-state index in [2.05, 4.69) is 51.4 Å². The van der Waals surface area contributed by atoms with Crippen molar-refractivity contribution in [1.82, 2.24) is 9.97 Å². The Morgan fingerprint density at radius 1 is 1.13 bits per heavy atom. The first kappa shape index (κ1) is 15.8. The summed E-state index contributed by atoms with van der Waals surface area (Å²) in [6.07, 6.45) is 4.40. The van der Waals surface area contributed by atoms with Crippen LogP contribution in [0, 0.1) is 19.8 Å². The summed E-state index contributed by atoms with van der Waals surface area (Å²) in [5, 5.41) is 3.39. The van der Waals surface area contributed by atoms with Gasteiger partial charge in [0, 0.05) is 31.5 Å². The van der Waals surface area contributed by atoms with Crippen LogP contribution < -0.4 is 10.2 Å². The molecule has 1 aliphatic rings.